The predicted octanol–water partition coefficient (Wildman–Crippen LogP) is 3.39. The van der Waals surface area contributed by atoms with Crippen molar-refractivity contribution in [3.8, 4) is 5.75 Å². The zero-order chi connectivity index (χ0) is 13.8. The number of rotatable bonds is 3. The normalized spacial score (nSPS) is 10.2. The zero-order valence-electron chi connectivity index (χ0n) is 10.5. The fourth-order valence-electron chi connectivity index (χ4n) is 1.85. The molecule has 4 nitrogen and oxygen atoms in total. The minimum Gasteiger partial charge on any atom is -0.286 e. The minimum atomic E-state index is -0.536. The van der Waals surface area contributed by atoms with Crippen molar-refractivity contribution in [2.24, 2.45) is 0 Å². The topological polar surface area (TPSA) is 48.4 Å². The van der Waals surface area contributed by atoms with Crippen LogP contribution in [-0.4, -0.2) is 11.0 Å². The number of aromatic nitrogens is 1. The average Bonchev–Trinajstić information content (AvgIpc) is 2.53. The summed E-state index contributed by atoms with van der Waals surface area (Å²) in [5.41, 5.74) is 1.21. The van der Waals surface area contributed by atoms with E-state index in [1.165, 1.54) is 0 Å². The van der Waals surface area contributed by atoms with Crippen molar-refractivity contribution in [3.05, 3.63) is 72.4 Å². The molecule has 0 N–H and O–H groups in total. The quantitative estimate of drug-likeness (QED) is 0.538. The number of para-hydroxylation sites is 1. The molecule has 0 spiro atoms. The molecule has 20 heavy (non-hydrogen) atoms. The number of nitrogens with zero attached hydrogens (tertiary/aromatic N) is 1. The molecule has 0 saturated heterocycles. The van der Waals surface area contributed by atoms with Crippen molar-refractivity contribution in [1.82, 2.24) is 4.98 Å². The fourth-order valence-corrected chi connectivity index (χ4v) is 1.85. The van der Waals surface area contributed by atoms with E-state index in [4.69, 9.17) is 9.78 Å². The van der Waals surface area contributed by atoms with Crippen LogP contribution in [0.1, 0.15) is 10.4 Å². The van der Waals surface area contributed by atoms with Crippen molar-refractivity contribution in [3.63, 3.8) is 0 Å². The van der Waals surface area contributed by atoms with Crippen LogP contribution in [-0.2, 0) is 4.89 Å². The summed E-state index contributed by atoms with van der Waals surface area (Å²) in [4.78, 5) is 26.0. The lowest BCUT2D eigenvalue weighted by Gasteiger charge is -2.06. The van der Waals surface area contributed by atoms with E-state index in [2.05, 4.69) is 4.98 Å². The van der Waals surface area contributed by atoms with Gasteiger partial charge < -0.3 is 0 Å². The van der Waals surface area contributed by atoms with Crippen molar-refractivity contribution >= 4 is 16.9 Å². The highest BCUT2D eigenvalue weighted by atomic mass is 17.2. The molecule has 0 unspecified atom stereocenters. The summed E-state index contributed by atoms with van der Waals surface area (Å²) in [5.74, 6) is -0.0774. The molecule has 0 radical (unpaired) electrons. The lowest BCUT2D eigenvalue weighted by molar-refractivity contribution is -0.148. The maximum absolute atomic E-state index is 11.8. The van der Waals surface area contributed by atoms with Gasteiger partial charge in [0.05, 0.1) is 11.1 Å². The van der Waals surface area contributed by atoms with E-state index < -0.39 is 5.97 Å². The SMILES string of the molecule is O=C(OOc1ccnc2ccccc12)c1ccccc1. The van der Waals surface area contributed by atoms with Crippen LogP contribution in [0.4, 0.5) is 0 Å². The van der Waals surface area contributed by atoms with Crippen LogP contribution in [0.3, 0.4) is 0 Å². The highest BCUT2D eigenvalue weighted by Crippen LogP contribution is 2.23. The van der Waals surface area contributed by atoms with Crippen LogP contribution in [0, 0.1) is 0 Å². The summed E-state index contributed by atoms with van der Waals surface area (Å²) in [6.45, 7) is 0. The molecule has 0 aliphatic heterocycles. The minimum absolute atomic E-state index is 0.436. The maximum atomic E-state index is 11.8. The number of benzene rings is 2. The van der Waals surface area contributed by atoms with Crippen LogP contribution in [0.15, 0.2) is 66.9 Å². The third kappa shape index (κ3) is 2.44. The number of carbonyl (C=O) groups excluding carboxylic acids is 1. The van der Waals surface area contributed by atoms with Gasteiger partial charge in [0.2, 0.25) is 0 Å². The van der Waals surface area contributed by atoms with E-state index in [-0.39, 0.29) is 0 Å². The van der Waals surface area contributed by atoms with Crippen LogP contribution < -0.4 is 4.89 Å². The Kier molecular flexibility index (Phi) is 3.29. The van der Waals surface area contributed by atoms with Gasteiger partial charge in [-0.05, 0) is 24.3 Å². The van der Waals surface area contributed by atoms with Gasteiger partial charge in [-0.3, -0.25) is 9.87 Å². The molecule has 0 aliphatic rings. The lowest BCUT2D eigenvalue weighted by Crippen LogP contribution is -2.08. The Bertz CT molecular complexity index is 736. The van der Waals surface area contributed by atoms with E-state index in [1.807, 2.05) is 30.3 Å². The molecular weight excluding hydrogens is 254 g/mol. The molecular formula is C16H11NO3. The number of hydrogen-bond donors (Lipinski definition) is 0. The van der Waals surface area contributed by atoms with Gasteiger partial charge in [0.15, 0.2) is 5.75 Å². The van der Waals surface area contributed by atoms with Gasteiger partial charge in [0, 0.05) is 17.6 Å². The van der Waals surface area contributed by atoms with Gasteiger partial charge in [-0.2, -0.15) is 0 Å². The first-order valence-electron chi connectivity index (χ1n) is 6.12. The average molecular weight is 265 g/mol. The van der Waals surface area contributed by atoms with Crippen LogP contribution in [0.5, 0.6) is 5.75 Å². The number of pyridine rings is 1. The Morgan fingerprint density at radius 1 is 0.900 bits per heavy atom. The standard InChI is InChI=1S/C16H11NO3/c18-16(12-6-2-1-3-7-12)20-19-15-10-11-17-14-9-5-4-8-13(14)15/h1-11H. The second kappa shape index (κ2) is 5.40. The molecule has 0 saturated carbocycles. The van der Waals surface area contributed by atoms with Gasteiger partial charge in [-0.25, -0.2) is 9.68 Å². The second-order valence-corrected chi connectivity index (χ2v) is 4.15. The second-order valence-electron chi connectivity index (χ2n) is 4.15. The molecule has 3 aromatic rings. The molecule has 1 aromatic heterocycles. The Labute approximate surface area is 115 Å². The first-order valence-corrected chi connectivity index (χ1v) is 6.12. The van der Waals surface area contributed by atoms with E-state index in [0.717, 1.165) is 10.9 Å². The summed E-state index contributed by atoms with van der Waals surface area (Å²) in [6, 6.07) is 17.8. The Hall–Kier alpha value is -2.88. The van der Waals surface area contributed by atoms with Crippen LogP contribution >= 0.6 is 0 Å². The van der Waals surface area contributed by atoms with Crippen molar-refractivity contribution in [2.75, 3.05) is 0 Å². The third-order valence-electron chi connectivity index (χ3n) is 2.83. The zero-order valence-corrected chi connectivity index (χ0v) is 10.5. The van der Waals surface area contributed by atoms with Crippen LogP contribution in [0.2, 0.25) is 0 Å². The van der Waals surface area contributed by atoms with Crippen molar-refractivity contribution < 1.29 is 14.6 Å². The smallest absolute Gasteiger partial charge is 0.286 e. The van der Waals surface area contributed by atoms with Gasteiger partial charge in [0.25, 0.3) is 0 Å². The Balaban J connectivity index is 1.79. The van der Waals surface area contributed by atoms with Gasteiger partial charge in [-0.15, -0.1) is 0 Å². The van der Waals surface area contributed by atoms with Gasteiger partial charge >= 0.3 is 5.97 Å². The fraction of sp³-hybridized carbons (Fsp3) is 0. The monoisotopic (exact) mass is 265 g/mol. The first kappa shape index (κ1) is 12.2. The van der Waals surface area contributed by atoms with Gasteiger partial charge in [-0.1, -0.05) is 30.3 Å². The summed E-state index contributed by atoms with van der Waals surface area (Å²) in [7, 11) is 0. The summed E-state index contributed by atoms with van der Waals surface area (Å²) < 4.78 is 0. The number of carbonyl (C=O) groups is 1. The molecule has 0 aliphatic carbocycles. The van der Waals surface area contributed by atoms with Crippen LogP contribution in [0.25, 0.3) is 10.9 Å². The Morgan fingerprint density at radius 3 is 2.50 bits per heavy atom. The number of fused-ring (bicyclic) bond motifs is 1. The van der Waals surface area contributed by atoms with E-state index in [0.29, 0.717) is 11.3 Å². The highest BCUT2D eigenvalue weighted by molar-refractivity contribution is 5.89. The highest BCUT2D eigenvalue weighted by Gasteiger charge is 2.10. The molecule has 0 fully saturated rings. The van der Waals surface area contributed by atoms with Gasteiger partial charge in [0.1, 0.15) is 0 Å². The van der Waals surface area contributed by atoms with E-state index >= 15 is 0 Å². The Morgan fingerprint density at radius 2 is 1.65 bits per heavy atom. The van der Waals surface area contributed by atoms with Crippen molar-refractivity contribution in [1.29, 1.82) is 0 Å². The number of hydrogen-bond acceptors (Lipinski definition) is 4. The largest absolute Gasteiger partial charge is 0.386 e. The molecule has 98 valence electrons. The third-order valence-corrected chi connectivity index (χ3v) is 2.83. The first-order chi connectivity index (χ1) is 9.84. The molecule has 3 rings (SSSR count). The predicted molar refractivity (Wildman–Crippen MR) is 74.2 cm³/mol. The summed E-state index contributed by atoms with van der Waals surface area (Å²) in [6.07, 6.45) is 1.61. The molecule has 4 heteroatoms. The summed E-state index contributed by atoms with van der Waals surface area (Å²) >= 11 is 0. The lowest BCUT2D eigenvalue weighted by atomic mass is 10.2. The van der Waals surface area contributed by atoms with E-state index in [9.17, 15) is 4.79 Å². The maximum Gasteiger partial charge on any atom is 0.386 e. The molecule has 0 amide bonds. The van der Waals surface area contributed by atoms with Crippen molar-refractivity contribution in [2.45, 2.75) is 0 Å². The van der Waals surface area contributed by atoms with E-state index in [1.54, 1.807) is 36.5 Å². The summed E-state index contributed by atoms with van der Waals surface area (Å²) in [5, 5.41) is 0.788. The molecule has 0 atom stereocenters. The molecule has 2 aromatic carbocycles. The molecule has 0 bridgehead atoms. The molecule has 1 heterocycles.